The number of amides is 2. The first-order chi connectivity index (χ1) is 13.0. The Hall–Kier alpha value is -2.51. The molecular weight excluding hydrogens is 362 g/mol. The van der Waals surface area contributed by atoms with Crippen LogP contribution in [0.15, 0.2) is 53.4 Å². The van der Waals surface area contributed by atoms with Gasteiger partial charge in [0.15, 0.2) is 0 Å². The van der Waals surface area contributed by atoms with E-state index in [1.54, 1.807) is 31.0 Å². The second-order valence-corrected chi connectivity index (χ2v) is 6.86. The van der Waals surface area contributed by atoms with Crippen molar-refractivity contribution in [3.05, 3.63) is 48.5 Å². The molecule has 0 saturated heterocycles. The molecule has 0 fully saturated rings. The van der Waals surface area contributed by atoms with E-state index < -0.39 is 0 Å². The summed E-state index contributed by atoms with van der Waals surface area (Å²) < 4.78 is 5.14. The molecule has 6 nitrogen and oxygen atoms in total. The minimum absolute atomic E-state index is 0.0726. The van der Waals surface area contributed by atoms with Gasteiger partial charge in [-0.05, 0) is 37.6 Å². The fourth-order valence-corrected chi connectivity index (χ4v) is 3.03. The number of carbonyl (C=O) groups excluding carboxylic acids is 2. The molecular formula is C20H25N3O3S. The summed E-state index contributed by atoms with van der Waals surface area (Å²) in [6.45, 7) is 0.685. The molecule has 2 aromatic rings. The third-order valence-corrected chi connectivity index (χ3v) is 4.66. The molecule has 0 atom stereocenters. The number of para-hydroxylation sites is 1. The van der Waals surface area contributed by atoms with Crippen LogP contribution in [0.4, 0.5) is 11.4 Å². The van der Waals surface area contributed by atoms with E-state index >= 15 is 0 Å². The molecule has 0 aromatic heterocycles. The van der Waals surface area contributed by atoms with Crippen molar-refractivity contribution in [1.29, 1.82) is 0 Å². The molecule has 7 heteroatoms. The van der Waals surface area contributed by atoms with Crippen molar-refractivity contribution in [3.8, 4) is 5.75 Å². The van der Waals surface area contributed by atoms with Crippen LogP contribution in [0.5, 0.6) is 5.75 Å². The number of nitrogens with zero attached hydrogens (tertiary/aromatic N) is 1. The lowest BCUT2D eigenvalue weighted by atomic mass is 10.3. The number of ether oxygens (including phenoxy) is 1. The maximum absolute atomic E-state index is 12.2. The highest BCUT2D eigenvalue weighted by atomic mass is 32.2. The largest absolute Gasteiger partial charge is 0.497 e. The second-order valence-electron chi connectivity index (χ2n) is 6.02. The number of nitrogens with one attached hydrogen (secondary N) is 2. The number of likely N-dealkylation sites (N-methyl/N-ethyl adjacent to an activating group) is 1. The summed E-state index contributed by atoms with van der Waals surface area (Å²) in [7, 11) is 3.39. The average molecular weight is 388 g/mol. The van der Waals surface area contributed by atoms with E-state index in [1.165, 1.54) is 0 Å². The van der Waals surface area contributed by atoms with Gasteiger partial charge in [0, 0.05) is 29.6 Å². The summed E-state index contributed by atoms with van der Waals surface area (Å²) in [5, 5.41) is 5.75. The molecule has 0 aliphatic carbocycles. The van der Waals surface area contributed by atoms with Crippen LogP contribution in [0.3, 0.4) is 0 Å². The quantitative estimate of drug-likeness (QED) is 0.646. The first kappa shape index (κ1) is 20.8. The fourth-order valence-electron chi connectivity index (χ4n) is 2.48. The van der Waals surface area contributed by atoms with E-state index in [9.17, 15) is 9.59 Å². The standard InChI is InChI=1S/C20H25N3O3S/c1-23(14-20(25)21-15-7-6-8-16(13-15)26-2)12-11-19(24)22-17-9-4-5-10-18(17)27-3/h4-10,13H,11-12,14H2,1-3H3,(H,21,25)(H,22,24). The molecule has 2 aromatic carbocycles. The Bertz CT molecular complexity index is 783. The van der Waals surface area contributed by atoms with Gasteiger partial charge in [-0.1, -0.05) is 18.2 Å². The molecule has 0 aliphatic heterocycles. The molecule has 0 aliphatic rings. The lowest BCUT2D eigenvalue weighted by Crippen LogP contribution is -2.32. The van der Waals surface area contributed by atoms with Gasteiger partial charge in [-0.25, -0.2) is 0 Å². The first-order valence-electron chi connectivity index (χ1n) is 8.57. The highest BCUT2D eigenvalue weighted by Gasteiger charge is 2.11. The topological polar surface area (TPSA) is 70.7 Å². The predicted molar refractivity (Wildman–Crippen MR) is 111 cm³/mol. The summed E-state index contributed by atoms with van der Waals surface area (Å²) in [6.07, 6.45) is 2.28. The zero-order chi connectivity index (χ0) is 19.6. The predicted octanol–water partition coefficient (Wildman–Crippen LogP) is 3.32. The first-order valence-corrected chi connectivity index (χ1v) is 9.79. The number of hydrogen-bond donors (Lipinski definition) is 2. The van der Waals surface area contributed by atoms with Crippen LogP contribution < -0.4 is 15.4 Å². The molecule has 0 spiro atoms. The van der Waals surface area contributed by atoms with E-state index in [-0.39, 0.29) is 18.4 Å². The van der Waals surface area contributed by atoms with Gasteiger partial charge in [-0.3, -0.25) is 14.5 Å². The minimum Gasteiger partial charge on any atom is -0.497 e. The van der Waals surface area contributed by atoms with Crippen molar-refractivity contribution in [1.82, 2.24) is 4.90 Å². The van der Waals surface area contributed by atoms with E-state index in [2.05, 4.69) is 10.6 Å². The van der Waals surface area contributed by atoms with E-state index in [1.807, 2.05) is 54.6 Å². The van der Waals surface area contributed by atoms with Crippen LogP contribution in [0.2, 0.25) is 0 Å². The molecule has 2 N–H and O–H groups in total. The highest BCUT2D eigenvalue weighted by molar-refractivity contribution is 7.98. The van der Waals surface area contributed by atoms with Gasteiger partial charge in [0.05, 0.1) is 19.3 Å². The van der Waals surface area contributed by atoms with Gasteiger partial charge >= 0.3 is 0 Å². The number of benzene rings is 2. The Morgan fingerprint density at radius 3 is 2.59 bits per heavy atom. The maximum Gasteiger partial charge on any atom is 0.238 e. The number of rotatable bonds is 9. The van der Waals surface area contributed by atoms with Crippen LogP contribution in [0, 0.1) is 0 Å². The molecule has 0 bridgehead atoms. The molecule has 0 unspecified atom stereocenters. The molecule has 2 amide bonds. The summed E-state index contributed by atoms with van der Waals surface area (Å²) in [6, 6.07) is 14.9. The van der Waals surface area contributed by atoms with Gasteiger partial charge in [0.1, 0.15) is 5.75 Å². The summed E-state index contributed by atoms with van der Waals surface area (Å²) >= 11 is 1.59. The van der Waals surface area contributed by atoms with Crippen molar-refractivity contribution in [2.75, 3.05) is 44.1 Å². The number of carbonyl (C=O) groups is 2. The summed E-state index contributed by atoms with van der Waals surface area (Å²) in [4.78, 5) is 27.2. The van der Waals surface area contributed by atoms with Crippen molar-refractivity contribution in [2.45, 2.75) is 11.3 Å². The van der Waals surface area contributed by atoms with Crippen LogP contribution in [-0.4, -0.2) is 50.2 Å². The third-order valence-electron chi connectivity index (χ3n) is 3.87. The minimum atomic E-state index is -0.140. The van der Waals surface area contributed by atoms with Gasteiger partial charge in [0.25, 0.3) is 0 Å². The van der Waals surface area contributed by atoms with Crippen molar-refractivity contribution >= 4 is 35.0 Å². The fraction of sp³-hybridized carbons (Fsp3) is 0.300. The SMILES string of the molecule is COc1cccc(NC(=O)CN(C)CCC(=O)Nc2ccccc2SC)c1. The smallest absolute Gasteiger partial charge is 0.238 e. The van der Waals surface area contributed by atoms with Crippen LogP contribution >= 0.6 is 11.8 Å². The summed E-state index contributed by atoms with van der Waals surface area (Å²) in [5.41, 5.74) is 1.49. The monoisotopic (exact) mass is 387 g/mol. The lowest BCUT2D eigenvalue weighted by Gasteiger charge is -2.16. The summed E-state index contributed by atoms with van der Waals surface area (Å²) in [5.74, 6) is 0.471. The van der Waals surface area contributed by atoms with E-state index in [4.69, 9.17) is 4.74 Å². The van der Waals surface area contributed by atoms with E-state index in [0.29, 0.717) is 24.4 Å². The molecule has 27 heavy (non-hydrogen) atoms. The zero-order valence-electron chi connectivity index (χ0n) is 15.8. The molecule has 0 heterocycles. The van der Waals surface area contributed by atoms with Gasteiger partial charge in [-0.2, -0.15) is 0 Å². The zero-order valence-corrected chi connectivity index (χ0v) is 16.6. The number of anilines is 2. The number of methoxy groups -OCH3 is 1. The average Bonchev–Trinajstić information content (AvgIpc) is 2.67. The Morgan fingerprint density at radius 2 is 1.85 bits per heavy atom. The van der Waals surface area contributed by atoms with Crippen molar-refractivity contribution < 1.29 is 14.3 Å². The number of thioether (sulfide) groups is 1. The van der Waals surface area contributed by atoms with Crippen LogP contribution in [0.25, 0.3) is 0 Å². The highest BCUT2D eigenvalue weighted by Crippen LogP contribution is 2.24. The molecule has 144 valence electrons. The van der Waals surface area contributed by atoms with Gasteiger partial charge < -0.3 is 15.4 Å². The van der Waals surface area contributed by atoms with Crippen LogP contribution in [-0.2, 0) is 9.59 Å². The normalized spacial score (nSPS) is 10.5. The Morgan fingerprint density at radius 1 is 1.07 bits per heavy atom. The number of hydrogen-bond acceptors (Lipinski definition) is 5. The van der Waals surface area contributed by atoms with E-state index in [0.717, 1.165) is 10.6 Å². The third kappa shape index (κ3) is 6.96. The lowest BCUT2D eigenvalue weighted by molar-refractivity contribution is -0.119. The maximum atomic E-state index is 12.2. The molecule has 0 radical (unpaired) electrons. The Labute approximate surface area is 164 Å². The van der Waals surface area contributed by atoms with Gasteiger partial charge in [0.2, 0.25) is 11.8 Å². The second kappa shape index (κ2) is 10.6. The Kier molecular flexibility index (Phi) is 8.16. The van der Waals surface area contributed by atoms with Crippen molar-refractivity contribution in [2.24, 2.45) is 0 Å². The molecule has 2 rings (SSSR count). The molecule has 0 saturated carbocycles. The van der Waals surface area contributed by atoms with Crippen LogP contribution in [0.1, 0.15) is 6.42 Å². The van der Waals surface area contributed by atoms with Gasteiger partial charge in [-0.15, -0.1) is 11.8 Å². The van der Waals surface area contributed by atoms with Crippen molar-refractivity contribution in [3.63, 3.8) is 0 Å². The Balaban J connectivity index is 1.77.